The van der Waals surface area contributed by atoms with E-state index in [1.165, 1.54) is 6.42 Å². The fourth-order valence-electron chi connectivity index (χ4n) is 6.02. The second-order valence-electron chi connectivity index (χ2n) is 6.02. The average molecular weight is 313 g/mol. The molecule has 5 aliphatic rings. The van der Waals surface area contributed by atoms with Crippen molar-refractivity contribution in [3.8, 4) is 6.07 Å². The molecule has 0 radical (unpaired) electrons. The Morgan fingerprint density at radius 2 is 2.00 bits per heavy atom. The molecule has 0 N–H and O–H groups in total. The summed E-state index contributed by atoms with van der Waals surface area (Å²) < 4.78 is 6.92. The highest BCUT2D eigenvalue weighted by Gasteiger charge is 2.79. The molecule has 78 valence electrons. The van der Waals surface area contributed by atoms with E-state index < -0.39 is 0 Å². The van der Waals surface area contributed by atoms with Crippen LogP contribution in [0.1, 0.15) is 6.42 Å². The zero-order chi connectivity index (χ0) is 9.89. The molecule has 0 aromatic heterocycles. The highest BCUT2D eigenvalue weighted by Crippen LogP contribution is 2.76. The summed E-state index contributed by atoms with van der Waals surface area (Å²) in [6.07, 6.45) is 2.38. The van der Waals surface area contributed by atoms with Gasteiger partial charge in [-0.05, 0) is 36.0 Å². The fourth-order valence-corrected chi connectivity index (χ4v) is 7.89. The van der Waals surface area contributed by atoms with Gasteiger partial charge in [-0.15, -0.1) is 0 Å². The maximum absolute atomic E-state index is 9.40. The minimum Gasteiger partial charge on any atom is -0.374 e. The Kier molecular flexibility index (Phi) is 1.24. The maximum atomic E-state index is 9.40. The van der Waals surface area contributed by atoms with Gasteiger partial charge in [0.15, 0.2) is 0 Å². The van der Waals surface area contributed by atoms with E-state index in [1.54, 1.807) is 0 Å². The Morgan fingerprint density at radius 3 is 2.80 bits per heavy atom. The van der Waals surface area contributed by atoms with Gasteiger partial charge in [-0.1, -0.05) is 22.6 Å². The van der Waals surface area contributed by atoms with E-state index in [0.717, 1.165) is 33.5 Å². The molecule has 4 aliphatic carbocycles. The number of nitriles is 1. The van der Waals surface area contributed by atoms with Crippen molar-refractivity contribution < 1.29 is 4.74 Å². The summed E-state index contributed by atoms with van der Waals surface area (Å²) in [6.45, 7) is 0. The number of halogens is 1. The monoisotopic (exact) mass is 313 g/mol. The average Bonchev–Trinajstić information content (AvgIpc) is 2.83. The molecule has 5 fully saturated rings. The van der Waals surface area contributed by atoms with Gasteiger partial charge in [-0.25, -0.2) is 0 Å². The minimum atomic E-state index is 0.377. The molecule has 0 aromatic carbocycles. The highest BCUT2D eigenvalue weighted by molar-refractivity contribution is 14.1. The van der Waals surface area contributed by atoms with Crippen molar-refractivity contribution in [2.45, 2.75) is 22.6 Å². The second kappa shape index (κ2) is 2.24. The predicted octanol–water partition coefficient (Wildman–Crippen LogP) is 1.84. The number of hydrogen-bond acceptors (Lipinski definition) is 2. The van der Waals surface area contributed by atoms with Crippen molar-refractivity contribution in [3.05, 3.63) is 0 Å². The molecule has 0 unspecified atom stereocenters. The van der Waals surface area contributed by atoms with Crippen molar-refractivity contribution in [2.24, 2.45) is 41.4 Å². The summed E-state index contributed by atoms with van der Waals surface area (Å²) in [7, 11) is 0. The number of fused-ring (bicyclic) bond motifs is 1. The highest BCUT2D eigenvalue weighted by atomic mass is 127. The number of hydrogen-bond donors (Lipinski definition) is 0. The first-order chi connectivity index (χ1) is 7.33. The van der Waals surface area contributed by atoms with Crippen molar-refractivity contribution in [1.82, 2.24) is 0 Å². The van der Waals surface area contributed by atoms with Gasteiger partial charge in [0.2, 0.25) is 0 Å². The van der Waals surface area contributed by atoms with E-state index in [1.807, 2.05) is 0 Å². The summed E-state index contributed by atoms with van der Waals surface area (Å²) >= 11 is 2.62. The molecule has 0 amide bonds. The van der Waals surface area contributed by atoms with E-state index in [2.05, 4.69) is 28.7 Å². The van der Waals surface area contributed by atoms with Gasteiger partial charge < -0.3 is 4.74 Å². The van der Waals surface area contributed by atoms with Gasteiger partial charge in [0.1, 0.15) is 0 Å². The van der Waals surface area contributed by atoms with Crippen LogP contribution in [0.25, 0.3) is 0 Å². The van der Waals surface area contributed by atoms with Crippen LogP contribution in [0.5, 0.6) is 0 Å². The van der Waals surface area contributed by atoms with Crippen molar-refractivity contribution >= 4 is 22.6 Å². The van der Waals surface area contributed by atoms with E-state index in [4.69, 9.17) is 4.74 Å². The molecule has 6 bridgehead atoms. The summed E-state index contributed by atoms with van der Waals surface area (Å²) in [4.78, 5) is 0. The molecule has 15 heavy (non-hydrogen) atoms. The van der Waals surface area contributed by atoms with Gasteiger partial charge in [-0.2, -0.15) is 5.26 Å². The molecule has 1 aliphatic heterocycles. The number of nitrogens with zero attached hydrogens (tertiary/aromatic N) is 1. The third kappa shape index (κ3) is 0.621. The minimum absolute atomic E-state index is 0.377. The SMILES string of the molecule is N#C[C@@H]1[C@@H]2[C@H](I)[C@H]3[C@H]4C[C@H]5O[C@H]3[C@H]2[C@H]5[C@@H]14. The summed E-state index contributed by atoms with van der Waals surface area (Å²) in [5.41, 5.74) is 0. The molecule has 4 saturated carbocycles. The van der Waals surface area contributed by atoms with Crippen LogP contribution < -0.4 is 0 Å². The first-order valence-corrected chi connectivity index (χ1v) is 7.26. The Labute approximate surface area is 102 Å². The number of ether oxygens (including phenoxy) is 1. The molecule has 2 nitrogen and oxygen atoms in total. The molecular weight excluding hydrogens is 301 g/mol. The zero-order valence-corrected chi connectivity index (χ0v) is 10.4. The molecule has 1 saturated heterocycles. The largest absolute Gasteiger partial charge is 0.374 e. The molecular formula is C12H12INO. The lowest BCUT2D eigenvalue weighted by atomic mass is 9.68. The quantitative estimate of drug-likeness (QED) is 0.505. The van der Waals surface area contributed by atoms with Crippen LogP contribution in [-0.2, 0) is 4.74 Å². The standard InChI is InChI=1S/C12H12INO/c13-11-7-4(2-14)6-3-1-5-9(6)10(7)12(15-5)8(3)11/h3-12H,1H2/t3-,4-,5+,6+,7-,8+,9+,10+,11-,12+/m0/s1. The van der Waals surface area contributed by atoms with Crippen LogP contribution in [0, 0.1) is 52.8 Å². The van der Waals surface area contributed by atoms with E-state index in [0.29, 0.717) is 24.0 Å². The van der Waals surface area contributed by atoms with Crippen LogP contribution in [0.3, 0.4) is 0 Å². The van der Waals surface area contributed by atoms with Gasteiger partial charge >= 0.3 is 0 Å². The van der Waals surface area contributed by atoms with Crippen molar-refractivity contribution in [1.29, 1.82) is 5.26 Å². The lowest BCUT2D eigenvalue weighted by molar-refractivity contribution is -0.0446. The first kappa shape index (κ1) is 8.30. The number of alkyl halides is 1. The molecule has 1 heterocycles. The Bertz CT molecular complexity index is 403. The van der Waals surface area contributed by atoms with E-state index in [-0.39, 0.29) is 0 Å². The lowest BCUT2D eigenvalue weighted by Crippen LogP contribution is -2.43. The van der Waals surface area contributed by atoms with E-state index >= 15 is 0 Å². The summed E-state index contributed by atoms with van der Waals surface area (Å²) in [5.74, 6) is 5.00. The topological polar surface area (TPSA) is 33.0 Å². The summed E-state index contributed by atoms with van der Waals surface area (Å²) in [6, 6.07) is 2.64. The molecule has 0 aromatic rings. The number of rotatable bonds is 0. The molecule has 10 atom stereocenters. The molecule has 5 rings (SSSR count). The third-order valence-corrected chi connectivity index (χ3v) is 7.72. The Morgan fingerprint density at radius 1 is 1.13 bits per heavy atom. The van der Waals surface area contributed by atoms with Gasteiger partial charge in [0, 0.05) is 9.84 Å². The van der Waals surface area contributed by atoms with Crippen LogP contribution >= 0.6 is 22.6 Å². The molecule has 3 heteroatoms. The summed E-state index contributed by atoms with van der Waals surface area (Å²) in [5, 5.41) is 9.40. The first-order valence-electron chi connectivity index (χ1n) is 6.02. The van der Waals surface area contributed by atoms with Crippen molar-refractivity contribution in [3.63, 3.8) is 0 Å². The van der Waals surface area contributed by atoms with E-state index in [9.17, 15) is 5.26 Å². The van der Waals surface area contributed by atoms with Gasteiger partial charge in [-0.3, -0.25) is 0 Å². The van der Waals surface area contributed by atoms with Gasteiger partial charge in [0.05, 0.1) is 24.2 Å². The maximum Gasteiger partial charge on any atom is 0.0662 e. The van der Waals surface area contributed by atoms with Crippen molar-refractivity contribution in [2.75, 3.05) is 0 Å². The molecule has 0 spiro atoms. The Hall–Kier alpha value is 0.180. The van der Waals surface area contributed by atoms with Crippen LogP contribution in [0.4, 0.5) is 0 Å². The fraction of sp³-hybridized carbons (Fsp3) is 0.917. The third-order valence-electron chi connectivity index (χ3n) is 6.06. The zero-order valence-electron chi connectivity index (χ0n) is 8.21. The van der Waals surface area contributed by atoms with Gasteiger partial charge in [0.25, 0.3) is 0 Å². The normalized spacial score (nSPS) is 75.7. The smallest absolute Gasteiger partial charge is 0.0662 e. The van der Waals surface area contributed by atoms with Crippen LogP contribution in [-0.4, -0.2) is 16.1 Å². The van der Waals surface area contributed by atoms with Crippen LogP contribution in [0.2, 0.25) is 0 Å². The Balaban J connectivity index is 1.78. The second-order valence-corrected chi connectivity index (χ2v) is 7.46. The lowest BCUT2D eigenvalue weighted by Gasteiger charge is -2.41. The van der Waals surface area contributed by atoms with Crippen LogP contribution in [0.15, 0.2) is 0 Å². The predicted molar refractivity (Wildman–Crippen MR) is 61.1 cm³/mol.